The maximum Gasteiger partial charge on any atom is 0.236 e. The van der Waals surface area contributed by atoms with Crippen LogP contribution in [0.4, 0.5) is 0 Å². The molecule has 8 unspecified atom stereocenters. The van der Waals surface area contributed by atoms with E-state index in [9.17, 15) is 65.8 Å². The number of ketones is 1. The van der Waals surface area contributed by atoms with E-state index in [4.69, 9.17) is 24.7 Å². The molecule has 2 aliphatic rings. The number of Topliss-reactive ketones (excluding diaryl/α,β-unsaturated/α-hetero) is 1. The number of hydrogen-bond acceptors (Lipinski definition) is 20. The van der Waals surface area contributed by atoms with Crippen LogP contribution in [0.2, 0.25) is 0 Å². The zero-order valence-corrected chi connectivity index (χ0v) is 43.1. The molecule has 2 aliphatic heterocycles. The van der Waals surface area contributed by atoms with Gasteiger partial charge in [-0.2, -0.15) is 0 Å². The fourth-order valence-electron chi connectivity index (χ4n) is 9.11. The molecular formula is C46H90N4O17. The van der Waals surface area contributed by atoms with Gasteiger partial charge >= 0.3 is 0 Å². The van der Waals surface area contributed by atoms with Crippen molar-refractivity contribution in [3.63, 3.8) is 0 Å². The summed E-state index contributed by atoms with van der Waals surface area (Å²) in [5.74, 6) is -5.26. The Bertz CT molecular complexity index is 1700. The minimum absolute atomic E-state index is 0.260. The molecule has 0 aromatic carbocycles. The maximum atomic E-state index is 12.7. The molecule has 1 amide bonds. The SMILES string of the molecule is CNCCCCC(N)C(=O)NCCCCC(NCC(C)(O)[C@](C)(O)[C@](C)(O)C(C)(O)CO[C@@]1(C)OC(C)(CO[C@@]2(C)OC(C)(CO)[C@@](C)(O)[C@@](C)(O)C2(C)O)[C@@](C)(O)[C@@](C)(O)C1(C)O)C(C)=O. The van der Waals surface area contributed by atoms with E-state index in [1.165, 1.54) is 48.5 Å². The molecule has 2 heterocycles. The first-order chi connectivity index (χ1) is 29.8. The molecule has 0 spiro atoms. The van der Waals surface area contributed by atoms with E-state index in [1.807, 2.05) is 7.05 Å². The van der Waals surface area contributed by atoms with Gasteiger partial charge in [-0.05, 0) is 150 Å². The van der Waals surface area contributed by atoms with Gasteiger partial charge in [0.1, 0.15) is 73.0 Å². The summed E-state index contributed by atoms with van der Waals surface area (Å²) in [5, 5.41) is 138. The molecule has 2 fully saturated rings. The third kappa shape index (κ3) is 10.5. The Hall–Kier alpha value is -1.58. The third-order valence-electron chi connectivity index (χ3n) is 17.0. The monoisotopic (exact) mass is 971 g/mol. The van der Waals surface area contributed by atoms with Gasteiger partial charge in [-0.3, -0.25) is 9.59 Å². The highest BCUT2D eigenvalue weighted by Gasteiger charge is 2.78. The highest BCUT2D eigenvalue weighted by molar-refractivity contribution is 5.81. The number of nitrogens with one attached hydrogen (secondary N) is 3. The minimum Gasteiger partial charge on any atom is -0.393 e. The van der Waals surface area contributed by atoms with Crippen LogP contribution >= 0.6 is 0 Å². The Morgan fingerprint density at radius 3 is 1.54 bits per heavy atom. The Balaban J connectivity index is 2.32. The van der Waals surface area contributed by atoms with Crippen molar-refractivity contribution in [2.45, 2.75) is 233 Å². The normalized spacial score (nSPS) is 41.6. The summed E-state index contributed by atoms with van der Waals surface area (Å²) < 4.78 is 24.7. The topological polar surface area (TPSA) is 356 Å². The van der Waals surface area contributed by atoms with E-state index >= 15 is 0 Å². The summed E-state index contributed by atoms with van der Waals surface area (Å²) in [6.45, 7) is 15.6. The highest BCUT2D eigenvalue weighted by Crippen LogP contribution is 2.57. The van der Waals surface area contributed by atoms with Crippen LogP contribution in [0.15, 0.2) is 0 Å². The second-order valence-corrected chi connectivity index (χ2v) is 22.0. The third-order valence-corrected chi connectivity index (χ3v) is 17.0. The molecule has 0 saturated carbocycles. The number of amides is 1. The lowest BCUT2D eigenvalue weighted by Gasteiger charge is -2.67. The minimum atomic E-state index is -2.67. The highest BCUT2D eigenvalue weighted by atomic mass is 16.8. The van der Waals surface area contributed by atoms with E-state index in [1.54, 1.807) is 0 Å². The average molecular weight is 971 g/mol. The summed E-state index contributed by atoms with van der Waals surface area (Å²) in [6.07, 6.45) is 3.58. The van der Waals surface area contributed by atoms with E-state index in [2.05, 4.69) is 16.0 Å². The molecule has 396 valence electrons. The molecule has 0 aromatic heterocycles. The van der Waals surface area contributed by atoms with Crippen molar-refractivity contribution in [1.29, 1.82) is 0 Å². The predicted molar refractivity (Wildman–Crippen MR) is 246 cm³/mol. The van der Waals surface area contributed by atoms with Crippen LogP contribution in [0.5, 0.6) is 0 Å². The van der Waals surface area contributed by atoms with Gasteiger partial charge in [-0.15, -0.1) is 0 Å². The zero-order valence-electron chi connectivity index (χ0n) is 43.1. The summed E-state index contributed by atoms with van der Waals surface area (Å²) in [5.41, 5.74) is -22.9. The summed E-state index contributed by atoms with van der Waals surface area (Å²) in [6, 6.07) is -1.42. The predicted octanol–water partition coefficient (Wildman–Crippen LogP) is -1.92. The molecule has 2 rings (SSSR count). The number of ether oxygens (including phenoxy) is 4. The number of nitrogens with two attached hydrogens (primary N) is 1. The fourth-order valence-corrected chi connectivity index (χ4v) is 9.11. The number of aliphatic hydroxyl groups is 11. The molecular weight excluding hydrogens is 881 g/mol. The molecule has 0 aliphatic carbocycles. The van der Waals surface area contributed by atoms with Crippen molar-refractivity contribution in [2.24, 2.45) is 5.73 Å². The molecule has 21 heteroatoms. The zero-order chi connectivity index (χ0) is 52.7. The van der Waals surface area contributed by atoms with E-state index < -0.39 is 117 Å². The molecule has 0 bridgehead atoms. The van der Waals surface area contributed by atoms with E-state index in [0.717, 1.165) is 74.8 Å². The van der Waals surface area contributed by atoms with Crippen molar-refractivity contribution in [3.05, 3.63) is 0 Å². The molecule has 21 nitrogen and oxygen atoms in total. The van der Waals surface area contributed by atoms with Crippen molar-refractivity contribution in [3.8, 4) is 0 Å². The lowest BCUT2D eigenvalue weighted by molar-refractivity contribution is -0.485. The van der Waals surface area contributed by atoms with E-state index in [-0.39, 0.29) is 11.7 Å². The molecule has 2 saturated heterocycles. The molecule has 67 heavy (non-hydrogen) atoms. The van der Waals surface area contributed by atoms with Gasteiger partial charge in [-0.25, -0.2) is 0 Å². The van der Waals surface area contributed by atoms with Gasteiger partial charge < -0.3 is 96.8 Å². The smallest absolute Gasteiger partial charge is 0.236 e. The van der Waals surface area contributed by atoms with Crippen LogP contribution < -0.4 is 21.7 Å². The standard InChI is InChI=1S/C46H90N4O17/c1-29(52)31(22-18-20-24-49-32(53)30(47)21-17-19-23-48-16)50-25-33(2,54)37(6,56)38(7,57)34(3,55)27-64-45(14)44(13,63)42(11,61)40(9,59)36(5,67-45)28-65-46(15)43(12,62)41(10,60)39(8,58)35(4,26-51)66-46/h30-31,48,50-51,54-63H,17-28,47H2,1-16H3,(H,49,53)/t30?,31?,33?,34?,35?,36?,37-,38+,39+,40+,41+,42+,43?,44?,45-,46-/m0/s1. The van der Waals surface area contributed by atoms with Gasteiger partial charge in [-0.1, -0.05) is 6.42 Å². The van der Waals surface area contributed by atoms with Crippen molar-refractivity contribution in [1.82, 2.24) is 16.0 Å². The first kappa shape index (κ1) is 61.5. The largest absolute Gasteiger partial charge is 0.393 e. The quantitative estimate of drug-likeness (QED) is 0.0444. The van der Waals surface area contributed by atoms with Gasteiger partial charge in [0.05, 0.1) is 31.9 Å². The number of rotatable bonds is 25. The lowest BCUT2D eigenvalue weighted by atomic mass is 9.60. The van der Waals surface area contributed by atoms with Gasteiger partial charge in [0.15, 0.2) is 11.6 Å². The molecule has 0 radical (unpaired) electrons. The van der Waals surface area contributed by atoms with Crippen LogP contribution in [-0.4, -0.2) is 205 Å². The average Bonchev–Trinajstić information content (AvgIpc) is 3.19. The molecule has 16 atom stereocenters. The Morgan fingerprint density at radius 1 is 0.627 bits per heavy atom. The second-order valence-electron chi connectivity index (χ2n) is 22.0. The molecule has 16 N–H and O–H groups in total. The second kappa shape index (κ2) is 20.1. The van der Waals surface area contributed by atoms with Gasteiger partial charge in [0.2, 0.25) is 5.91 Å². The number of aliphatic hydroxyl groups excluding tert-OH is 1. The Kier molecular flexibility index (Phi) is 18.5. The van der Waals surface area contributed by atoms with Crippen LogP contribution in [0.25, 0.3) is 0 Å². The van der Waals surface area contributed by atoms with E-state index in [0.29, 0.717) is 32.2 Å². The number of hydrogen-bond donors (Lipinski definition) is 15. The van der Waals surface area contributed by atoms with Crippen LogP contribution in [0.1, 0.15) is 142 Å². The summed E-state index contributed by atoms with van der Waals surface area (Å²) in [4.78, 5) is 25.0. The molecule has 0 aromatic rings. The summed E-state index contributed by atoms with van der Waals surface area (Å²) in [7, 11) is 1.85. The lowest BCUT2D eigenvalue weighted by Crippen LogP contribution is -2.86. The fraction of sp³-hybridized carbons (Fsp3) is 0.957. The van der Waals surface area contributed by atoms with Crippen molar-refractivity contribution < 1.29 is 84.7 Å². The Morgan fingerprint density at radius 2 is 1.06 bits per heavy atom. The van der Waals surface area contributed by atoms with Crippen molar-refractivity contribution in [2.75, 3.05) is 46.5 Å². The van der Waals surface area contributed by atoms with Crippen LogP contribution in [0, 0.1) is 0 Å². The number of carbonyl (C=O) groups is 2. The first-order valence-electron chi connectivity index (χ1n) is 23.3. The summed E-state index contributed by atoms with van der Waals surface area (Å²) >= 11 is 0. The number of unbranched alkanes of at least 4 members (excludes halogenated alkanes) is 2. The number of carbonyl (C=O) groups excluding carboxylic acids is 2. The van der Waals surface area contributed by atoms with Crippen molar-refractivity contribution >= 4 is 11.7 Å². The van der Waals surface area contributed by atoms with Crippen LogP contribution in [0.3, 0.4) is 0 Å². The van der Waals surface area contributed by atoms with Crippen LogP contribution in [-0.2, 0) is 28.5 Å². The van der Waals surface area contributed by atoms with Gasteiger partial charge in [0, 0.05) is 13.1 Å². The first-order valence-corrected chi connectivity index (χ1v) is 23.3. The van der Waals surface area contributed by atoms with Gasteiger partial charge in [0.25, 0.3) is 0 Å². The Labute approximate surface area is 397 Å². The maximum absolute atomic E-state index is 12.7.